The Morgan fingerprint density at radius 1 is 1.21 bits per heavy atom. The van der Waals surface area contributed by atoms with Gasteiger partial charge in [-0.2, -0.15) is 0 Å². The molecule has 1 aromatic carbocycles. The Bertz CT molecular complexity index is 632. The summed E-state index contributed by atoms with van der Waals surface area (Å²) in [7, 11) is 0. The van der Waals surface area contributed by atoms with Crippen molar-refractivity contribution >= 4 is 23.9 Å². The Hall–Kier alpha value is -1.55. The lowest BCUT2D eigenvalue weighted by molar-refractivity contribution is -0.139. The van der Waals surface area contributed by atoms with Crippen LogP contribution in [0.2, 0.25) is 5.02 Å². The molecule has 0 aliphatic carbocycles. The molecule has 2 amide bonds. The summed E-state index contributed by atoms with van der Waals surface area (Å²) in [4.78, 5) is 27.6. The fourth-order valence-electron chi connectivity index (χ4n) is 3.77. The molecular formula is C19H25ClN2O2. The van der Waals surface area contributed by atoms with E-state index in [1.54, 1.807) is 0 Å². The number of carbonyl (C=O) groups excluding carboxylic acids is 2. The van der Waals surface area contributed by atoms with E-state index in [4.69, 9.17) is 11.6 Å². The fourth-order valence-corrected chi connectivity index (χ4v) is 3.94. The Morgan fingerprint density at radius 3 is 2.42 bits per heavy atom. The normalized spacial score (nSPS) is 19.1. The third kappa shape index (κ3) is 3.16. The van der Waals surface area contributed by atoms with Crippen LogP contribution in [0.5, 0.6) is 0 Å². The van der Waals surface area contributed by atoms with Gasteiger partial charge in [0.2, 0.25) is 12.3 Å². The maximum atomic E-state index is 12.9. The molecule has 2 aliphatic heterocycles. The third-order valence-corrected chi connectivity index (χ3v) is 5.72. The second kappa shape index (κ2) is 6.75. The predicted octanol–water partition coefficient (Wildman–Crippen LogP) is 3.19. The molecule has 4 nitrogen and oxygen atoms in total. The number of benzene rings is 1. The first-order valence-corrected chi connectivity index (χ1v) is 9.10. The average molecular weight is 349 g/mol. The summed E-state index contributed by atoms with van der Waals surface area (Å²) in [5.41, 5.74) is 1.67. The average Bonchev–Trinajstić information content (AvgIpc) is 2.53. The molecule has 2 heterocycles. The molecule has 2 fully saturated rings. The molecule has 5 heteroatoms. The van der Waals surface area contributed by atoms with Crippen LogP contribution in [-0.2, 0) is 15.0 Å². The summed E-state index contributed by atoms with van der Waals surface area (Å²) >= 11 is 6.26. The molecule has 3 rings (SSSR count). The number of halogens is 1. The van der Waals surface area contributed by atoms with Gasteiger partial charge in [-0.25, -0.2) is 0 Å². The summed E-state index contributed by atoms with van der Waals surface area (Å²) in [5, 5.41) is 0.670. The van der Waals surface area contributed by atoms with E-state index < -0.39 is 5.41 Å². The molecule has 0 unspecified atom stereocenters. The first-order valence-electron chi connectivity index (χ1n) is 8.72. The third-order valence-electron chi connectivity index (χ3n) is 5.49. The number of likely N-dealkylation sites (tertiary alicyclic amines) is 2. The molecule has 130 valence electrons. The van der Waals surface area contributed by atoms with Crippen molar-refractivity contribution in [2.75, 3.05) is 26.2 Å². The van der Waals surface area contributed by atoms with Crippen molar-refractivity contribution in [2.45, 2.75) is 44.4 Å². The Kier molecular flexibility index (Phi) is 4.86. The first kappa shape index (κ1) is 17.3. The summed E-state index contributed by atoms with van der Waals surface area (Å²) in [6, 6.07) is 5.95. The van der Waals surface area contributed by atoms with Crippen LogP contribution in [0.4, 0.5) is 0 Å². The highest BCUT2D eigenvalue weighted by Gasteiger charge is 2.38. The van der Waals surface area contributed by atoms with Gasteiger partial charge in [0.1, 0.15) is 0 Å². The molecule has 0 radical (unpaired) electrons. The van der Waals surface area contributed by atoms with Crippen LogP contribution in [0.3, 0.4) is 0 Å². The summed E-state index contributed by atoms with van der Waals surface area (Å²) in [5.74, 6) is 0.555. The zero-order valence-corrected chi connectivity index (χ0v) is 15.2. The Balaban J connectivity index is 1.90. The monoisotopic (exact) mass is 348 g/mol. The minimum absolute atomic E-state index is 0.183. The molecule has 0 atom stereocenters. The van der Waals surface area contributed by atoms with E-state index in [1.165, 1.54) is 5.56 Å². The van der Waals surface area contributed by atoms with Crippen molar-refractivity contribution in [1.29, 1.82) is 0 Å². The Labute approximate surface area is 148 Å². The first-order chi connectivity index (χ1) is 11.4. The van der Waals surface area contributed by atoms with Gasteiger partial charge in [0.25, 0.3) is 0 Å². The number of rotatable bonds is 4. The van der Waals surface area contributed by atoms with E-state index in [-0.39, 0.29) is 5.91 Å². The minimum atomic E-state index is -0.581. The van der Waals surface area contributed by atoms with Gasteiger partial charge in [0.05, 0.1) is 5.41 Å². The van der Waals surface area contributed by atoms with Crippen molar-refractivity contribution in [1.82, 2.24) is 9.80 Å². The van der Waals surface area contributed by atoms with Gasteiger partial charge in [0.15, 0.2) is 0 Å². The van der Waals surface area contributed by atoms with Crippen LogP contribution in [-0.4, -0.2) is 48.3 Å². The molecule has 0 N–H and O–H groups in total. The van der Waals surface area contributed by atoms with E-state index in [0.717, 1.165) is 57.4 Å². The molecule has 0 spiro atoms. The van der Waals surface area contributed by atoms with Gasteiger partial charge in [-0.1, -0.05) is 17.7 Å². The van der Waals surface area contributed by atoms with E-state index >= 15 is 0 Å². The second-order valence-corrected chi connectivity index (χ2v) is 7.85. The van der Waals surface area contributed by atoms with Crippen LogP contribution in [0.15, 0.2) is 18.2 Å². The van der Waals surface area contributed by atoms with Crippen molar-refractivity contribution in [3.05, 3.63) is 34.3 Å². The molecule has 2 aliphatic rings. The number of carbonyl (C=O) groups is 2. The smallest absolute Gasteiger partial charge is 0.232 e. The van der Waals surface area contributed by atoms with E-state index in [0.29, 0.717) is 10.9 Å². The number of hydrogen-bond acceptors (Lipinski definition) is 2. The highest BCUT2D eigenvalue weighted by Crippen LogP contribution is 2.38. The lowest BCUT2D eigenvalue weighted by Crippen LogP contribution is -2.50. The molecule has 2 saturated heterocycles. The molecule has 24 heavy (non-hydrogen) atoms. The quantitative estimate of drug-likeness (QED) is 0.784. The number of amides is 2. The van der Waals surface area contributed by atoms with Crippen molar-refractivity contribution in [3.8, 4) is 0 Å². The van der Waals surface area contributed by atoms with Crippen molar-refractivity contribution in [3.63, 3.8) is 0 Å². The highest BCUT2D eigenvalue weighted by molar-refractivity contribution is 6.30. The fraction of sp³-hybridized carbons (Fsp3) is 0.579. The summed E-state index contributed by atoms with van der Waals surface area (Å²) in [6.07, 6.45) is 3.88. The lowest BCUT2D eigenvalue weighted by atomic mass is 9.75. The number of hydrogen-bond donors (Lipinski definition) is 0. The molecule has 0 aromatic heterocycles. The number of piperidine rings is 1. The largest absolute Gasteiger partial charge is 0.345 e. The highest BCUT2D eigenvalue weighted by atomic mass is 35.5. The van der Waals surface area contributed by atoms with E-state index in [2.05, 4.69) is 6.07 Å². The minimum Gasteiger partial charge on any atom is -0.345 e. The predicted molar refractivity (Wildman–Crippen MR) is 95.3 cm³/mol. The zero-order valence-electron chi connectivity index (χ0n) is 14.4. The van der Waals surface area contributed by atoms with Gasteiger partial charge >= 0.3 is 0 Å². The van der Waals surface area contributed by atoms with Gasteiger partial charge in [-0.15, -0.1) is 0 Å². The van der Waals surface area contributed by atoms with Gasteiger partial charge in [-0.3, -0.25) is 9.59 Å². The molecule has 0 bridgehead atoms. The van der Waals surface area contributed by atoms with Gasteiger partial charge < -0.3 is 9.80 Å². The van der Waals surface area contributed by atoms with Gasteiger partial charge in [0, 0.05) is 31.2 Å². The molecular weight excluding hydrogens is 324 g/mol. The van der Waals surface area contributed by atoms with Crippen LogP contribution >= 0.6 is 11.6 Å². The van der Waals surface area contributed by atoms with E-state index in [9.17, 15) is 9.59 Å². The summed E-state index contributed by atoms with van der Waals surface area (Å²) in [6.45, 7) is 7.27. The molecule has 1 aromatic rings. The SMILES string of the molecule is CC(C)(C(=O)N1CCC1)c1cc(Cl)ccc1C1CCN(C=O)CC1. The number of nitrogens with zero attached hydrogens (tertiary/aromatic N) is 2. The maximum Gasteiger partial charge on any atom is 0.232 e. The van der Waals surface area contributed by atoms with E-state index in [1.807, 2.05) is 35.8 Å². The standard InChI is InChI=1S/C19H25ClN2O2/c1-19(2,18(24)22-8-3-9-22)17-12-15(20)4-5-16(17)14-6-10-21(13-23)11-7-14/h4-5,12-14H,3,6-11H2,1-2H3. The van der Waals surface area contributed by atoms with Crippen LogP contribution in [0.25, 0.3) is 0 Å². The van der Waals surface area contributed by atoms with Crippen LogP contribution in [0.1, 0.15) is 50.2 Å². The van der Waals surface area contributed by atoms with Crippen molar-refractivity contribution < 1.29 is 9.59 Å². The summed E-state index contributed by atoms with van der Waals surface area (Å²) < 4.78 is 0. The van der Waals surface area contributed by atoms with Crippen LogP contribution < -0.4 is 0 Å². The zero-order chi connectivity index (χ0) is 17.3. The lowest BCUT2D eigenvalue weighted by Gasteiger charge is -2.39. The van der Waals surface area contributed by atoms with Gasteiger partial charge in [-0.05, 0) is 62.3 Å². The topological polar surface area (TPSA) is 40.6 Å². The van der Waals surface area contributed by atoms with Crippen molar-refractivity contribution in [2.24, 2.45) is 0 Å². The van der Waals surface area contributed by atoms with Crippen LogP contribution in [0, 0.1) is 0 Å². The maximum absolute atomic E-state index is 12.9. The molecule has 0 saturated carbocycles. The Morgan fingerprint density at radius 2 is 1.88 bits per heavy atom. The second-order valence-electron chi connectivity index (χ2n) is 7.42.